The largest absolute Gasteiger partial charge is 0.508 e. The molecule has 0 saturated carbocycles. The number of aryl methyl sites for hydroxylation is 1. The van der Waals surface area contributed by atoms with Crippen LogP contribution < -0.4 is 16.2 Å². The van der Waals surface area contributed by atoms with Crippen LogP contribution in [0.2, 0.25) is 10.0 Å². The van der Waals surface area contributed by atoms with Crippen molar-refractivity contribution in [2.45, 2.75) is 45.9 Å². The third-order valence-corrected chi connectivity index (χ3v) is 12.2. The van der Waals surface area contributed by atoms with Crippen molar-refractivity contribution in [1.29, 1.82) is 5.26 Å². The lowest BCUT2D eigenvalue weighted by Gasteiger charge is -2.22. The Hall–Kier alpha value is -7.85. The van der Waals surface area contributed by atoms with Gasteiger partial charge < -0.3 is 15.5 Å². The Morgan fingerprint density at radius 3 is 1.79 bits per heavy atom. The van der Waals surface area contributed by atoms with Crippen molar-refractivity contribution in [2.75, 3.05) is 6.54 Å². The van der Waals surface area contributed by atoms with Crippen molar-refractivity contribution >= 4 is 69.0 Å². The molecule has 0 aromatic heterocycles. The third kappa shape index (κ3) is 13.4. The first-order valence-electron chi connectivity index (χ1n) is 22.6. The standard InChI is InChI=1S/C30H28N4O2.C27H23Cl2N3O2/c1-22-18-24(14-15-29(22)35)30(36)33-32-19-25-12-13-26(28-11-6-5-10-27(25)28)21-34(17-7-16-31)20-23-8-3-2-4-9-23;1-17(18-8-11-22(28)12-9-18)30-15-20-6-7-21(24-5-3-2-4-23(20)24)16-31-32-27(34)19-10-13-26(33)25(29)14-19/h2-6,8-15,18-19,35H,7,17,20-21H2,1H3,(H,33,36);2-14,16-17,30,33H,15H2,1H3,(H,32,34)/b32-19+;31-16+. The van der Waals surface area contributed by atoms with E-state index in [1.165, 1.54) is 41.0 Å². The minimum absolute atomic E-state index is 0.0784. The fourth-order valence-electron chi connectivity index (χ4n) is 7.82. The number of fused-ring (bicyclic) bond motifs is 2. The van der Waals surface area contributed by atoms with Crippen LogP contribution in [0.3, 0.4) is 0 Å². The molecule has 8 aromatic rings. The predicted molar refractivity (Wildman–Crippen MR) is 281 cm³/mol. The monoisotopic (exact) mass is 967 g/mol. The Labute approximate surface area is 417 Å². The summed E-state index contributed by atoms with van der Waals surface area (Å²) >= 11 is 11.9. The smallest absolute Gasteiger partial charge is 0.271 e. The Bertz CT molecular complexity index is 3210. The van der Waals surface area contributed by atoms with Gasteiger partial charge in [-0.05, 0) is 112 Å². The van der Waals surface area contributed by atoms with Gasteiger partial charge in [0.25, 0.3) is 11.8 Å². The van der Waals surface area contributed by atoms with Crippen LogP contribution in [-0.2, 0) is 19.6 Å². The lowest BCUT2D eigenvalue weighted by atomic mass is 9.99. The fourth-order valence-corrected chi connectivity index (χ4v) is 8.13. The molecule has 5 N–H and O–H groups in total. The molecule has 0 radical (unpaired) electrons. The highest BCUT2D eigenvalue weighted by Crippen LogP contribution is 2.27. The van der Waals surface area contributed by atoms with E-state index in [4.69, 9.17) is 28.5 Å². The number of aromatic hydroxyl groups is 2. The number of rotatable bonds is 16. The van der Waals surface area contributed by atoms with Gasteiger partial charge in [0.1, 0.15) is 11.5 Å². The third-order valence-electron chi connectivity index (χ3n) is 11.7. The Morgan fingerprint density at radius 1 is 0.657 bits per heavy atom. The number of carbonyl (C=O) groups is 2. The number of phenols is 2. The Kier molecular flexibility index (Phi) is 17.5. The highest BCUT2D eigenvalue weighted by molar-refractivity contribution is 6.32. The SMILES string of the molecule is CC(NCc1ccc(/C=N/NC(=O)c2ccc(O)c(Cl)c2)c2ccccc12)c1ccc(Cl)cc1.Cc1cc(C(=O)N/N=C/c2ccc(CN(CCC#N)Cc3ccccc3)c3ccccc23)ccc1O. The van der Waals surface area contributed by atoms with Crippen molar-refractivity contribution in [3.05, 3.63) is 224 Å². The van der Waals surface area contributed by atoms with Crippen LogP contribution in [0, 0.1) is 18.3 Å². The quantitative estimate of drug-likeness (QED) is 0.0475. The minimum Gasteiger partial charge on any atom is -0.508 e. The molecule has 0 aliphatic rings. The summed E-state index contributed by atoms with van der Waals surface area (Å²) in [5, 5.41) is 45.3. The number of hydrogen-bond donors (Lipinski definition) is 5. The molecular weight excluding hydrogens is 918 g/mol. The van der Waals surface area contributed by atoms with Gasteiger partial charge in [-0.3, -0.25) is 14.5 Å². The van der Waals surface area contributed by atoms with E-state index in [-0.39, 0.29) is 28.5 Å². The molecule has 352 valence electrons. The lowest BCUT2D eigenvalue weighted by Crippen LogP contribution is -2.24. The molecule has 8 rings (SSSR count). The summed E-state index contributed by atoms with van der Waals surface area (Å²) in [6.45, 7) is 6.72. The lowest BCUT2D eigenvalue weighted by molar-refractivity contribution is 0.0947. The molecule has 0 saturated heterocycles. The number of carbonyl (C=O) groups excluding carboxylic acids is 2. The molecule has 0 fully saturated rings. The maximum absolute atomic E-state index is 12.4. The normalized spacial score (nSPS) is 11.7. The molecule has 13 heteroatoms. The molecule has 8 aromatic carbocycles. The summed E-state index contributed by atoms with van der Waals surface area (Å²) < 4.78 is 0. The Morgan fingerprint density at radius 2 is 1.20 bits per heavy atom. The molecule has 70 heavy (non-hydrogen) atoms. The zero-order valence-corrected chi connectivity index (χ0v) is 40.1. The average molecular weight is 969 g/mol. The fraction of sp³-hybridized carbons (Fsp3) is 0.140. The van der Waals surface area contributed by atoms with Gasteiger partial charge in [-0.15, -0.1) is 0 Å². The van der Waals surface area contributed by atoms with Crippen LogP contribution in [-0.4, -0.2) is 45.9 Å². The van der Waals surface area contributed by atoms with Crippen molar-refractivity contribution in [3.63, 3.8) is 0 Å². The average Bonchev–Trinajstić information content (AvgIpc) is 3.38. The van der Waals surface area contributed by atoms with Gasteiger partial charge in [-0.25, -0.2) is 10.9 Å². The summed E-state index contributed by atoms with van der Waals surface area (Å²) in [6, 6.07) is 53.8. The first-order valence-corrected chi connectivity index (χ1v) is 23.3. The van der Waals surface area contributed by atoms with E-state index in [1.54, 1.807) is 31.5 Å². The minimum atomic E-state index is -0.417. The summed E-state index contributed by atoms with van der Waals surface area (Å²) in [7, 11) is 0. The molecule has 11 nitrogen and oxygen atoms in total. The number of nitriles is 1. The number of halogens is 2. The summed E-state index contributed by atoms with van der Waals surface area (Å²) in [5.74, 6) is -0.689. The molecular formula is C57H51Cl2N7O4. The summed E-state index contributed by atoms with van der Waals surface area (Å²) in [6.07, 6.45) is 3.74. The molecule has 0 bridgehead atoms. The van der Waals surface area contributed by atoms with E-state index in [0.29, 0.717) is 42.7 Å². The van der Waals surface area contributed by atoms with E-state index in [1.807, 2.05) is 91.0 Å². The second-order valence-corrected chi connectivity index (χ2v) is 17.4. The van der Waals surface area contributed by atoms with Crippen molar-refractivity contribution in [2.24, 2.45) is 10.2 Å². The first kappa shape index (κ1) is 50.0. The maximum atomic E-state index is 12.4. The summed E-state index contributed by atoms with van der Waals surface area (Å²) in [4.78, 5) is 27.0. The van der Waals surface area contributed by atoms with Crippen LogP contribution in [0.25, 0.3) is 21.5 Å². The van der Waals surface area contributed by atoms with E-state index in [9.17, 15) is 19.8 Å². The van der Waals surface area contributed by atoms with E-state index >= 15 is 0 Å². The second-order valence-electron chi connectivity index (χ2n) is 16.5. The molecule has 2 amide bonds. The highest BCUT2D eigenvalue weighted by atomic mass is 35.5. The molecule has 0 heterocycles. The van der Waals surface area contributed by atoms with Gasteiger partial charge in [0.2, 0.25) is 0 Å². The topological polar surface area (TPSA) is 162 Å². The van der Waals surface area contributed by atoms with Gasteiger partial charge in [-0.2, -0.15) is 15.5 Å². The number of nitrogens with one attached hydrogen (secondary N) is 3. The maximum Gasteiger partial charge on any atom is 0.271 e. The van der Waals surface area contributed by atoms with Crippen molar-refractivity contribution in [3.8, 4) is 17.6 Å². The molecule has 0 aliphatic heterocycles. The molecule has 1 atom stereocenters. The Balaban J connectivity index is 0.000000207. The zero-order chi connectivity index (χ0) is 49.4. The van der Waals surface area contributed by atoms with E-state index in [2.05, 4.69) is 80.7 Å². The molecule has 0 spiro atoms. The van der Waals surface area contributed by atoms with E-state index in [0.717, 1.165) is 49.8 Å². The molecule has 0 aliphatic carbocycles. The molecule has 1 unspecified atom stereocenters. The van der Waals surface area contributed by atoms with Gasteiger partial charge in [0.15, 0.2) is 0 Å². The highest BCUT2D eigenvalue weighted by Gasteiger charge is 2.13. The van der Waals surface area contributed by atoms with Gasteiger partial charge in [-0.1, -0.05) is 138 Å². The van der Waals surface area contributed by atoms with Crippen molar-refractivity contribution < 1.29 is 19.8 Å². The van der Waals surface area contributed by atoms with Crippen LogP contribution >= 0.6 is 23.2 Å². The predicted octanol–water partition coefficient (Wildman–Crippen LogP) is 12.0. The number of hydrogen-bond acceptors (Lipinski definition) is 9. The number of phenolic OH excluding ortho intramolecular Hbond substituents is 2. The summed E-state index contributed by atoms with van der Waals surface area (Å²) in [5.41, 5.74) is 12.9. The van der Waals surface area contributed by atoms with Gasteiger partial charge in [0.05, 0.1) is 23.5 Å². The number of nitrogens with zero attached hydrogens (tertiary/aromatic N) is 4. The van der Waals surface area contributed by atoms with E-state index < -0.39 is 5.91 Å². The van der Waals surface area contributed by atoms with Crippen LogP contribution in [0.15, 0.2) is 174 Å². The van der Waals surface area contributed by atoms with Crippen LogP contribution in [0.1, 0.15) is 79.0 Å². The zero-order valence-electron chi connectivity index (χ0n) is 38.6. The van der Waals surface area contributed by atoms with Crippen LogP contribution in [0.5, 0.6) is 11.5 Å². The number of hydrazone groups is 2. The first-order chi connectivity index (χ1) is 34.0. The van der Waals surface area contributed by atoms with Crippen LogP contribution in [0.4, 0.5) is 0 Å². The number of amides is 2. The van der Waals surface area contributed by atoms with Crippen molar-refractivity contribution in [1.82, 2.24) is 21.1 Å². The van der Waals surface area contributed by atoms with Gasteiger partial charge in [0, 0.05) is 65.9 Å². The number of benzene rings is 8. The van der Waals surface area contributed by atoms with Gasteiger partial charge >= 0.3 is 0 Å². The second kappa shape index (κ2) is 24.4.